The Bertz CT molecular complexity index is 724. The van der Waals surface area contributed by atoms with E-state index in [1.807, 2.05) is 24.3 Å². The Morgan fingerprint density at radius 3 is 2.43 bits per heavy atom. The Kier molecular flexibility index (Phi) is 3.98. The number of carbonyl (C=O) groups is 1. The predicted molar refractivity (Wildman–Crippen MR) is 84.9 cm³/mol. The molecular formula is C17H20N2O2. The minimum Gasteiger partial charge on any atom is -0.326 e. The number of para-hydroxylation sites is 1. The minimum atomic E-state index is -0.277. The van der Waals surface area contributed by atoms with Gasteiger partial charge in [-0.25, -0.2) is 0 Å². The smallest absolute Gasteiger partial charge is 0.255 e. The van der Waals surface area contributed by atoms with Gasteiger partial charge in [0.1, 0.15) is 0 Å². The summed E-state index contributed by atoms with van der Waals surface area (Å²) in [4.78, 5) is 26.4. The number of anilines is 1. The number of hydrogen-bond acceptors (Lipinski definition) is 2. The first kappa shape index (κ1) is 15.0. The monoisotopic (exact) mass is 284 g/mol. The van der Waals surface area contributed by atoms with Crippen molar-refractivity contribution in [2.24, 2.45) is 0 Å². The van der Waals surface area contributed by atoms with E-state index in [-0.39, 0.29) is 16.9 Å². The van der Waals surface area contributed by atoms with Crippen molar-refractivity contribution < 1.29 is 4.79 Å². The zero-order valence-corrected chi connectivity index (χ0v) is 12.8. The highest BCUT2D eigenvalue weighted by Gasteiger charge is 2.19. The number of aromatic amines is 1. The first-order valence-electron chi connectivity index (χ1n) is 6.89. The van der Waals surface area contributed by atoms with Gasteiger partial charge in [-0.05, 0) is 30.0 Å². The molecule has 0 spiro atoms. The maximum atomic E-state index is 12.3. The van der Waals surface area contributed by atoms with E-state index in [1.54, 1.807) is 13.0 Å². The Labute approximate surface area is 124 Å². The molecule has 0 aliphatic carbocycles. The van der Waals surface area contributed by atoms with Gasteiger partial charge in [-0.3, -0.25) is 9.59 Å². The molecule has 4 heteroatoms. The highest BCUT2D eigenvalue weighted by molar-refractivity contribution is 6.04. The molecule has 1 amide bonds. The van der Waals surface area contributed by atoms with Crippen LogP contribution in [-0.4, -0.2) is 10.9 Å². The zero-order chi connectivity index (χ0) is 15.6. The largest absolute Gasteiger partial charge is 0.326 e. The van der Waals surface area contributed by atoms with Crippen LogP contribution in [0.15, 0.2) is 41.2 Å². The van der Waals surface area contributed by atoms with Gasteiger partial charge in [-0.2, -0.15) is 0 Å². The number of pyridine rings is 1. The number of rotatable bonds is 2. The fourth-order valence-electron chi connectivity index (χ4n) is 2.25. The number of amides is 1. The summed E-state index contributed by atoms with van der Waals surface area (Å²) in [6.45, 7) is 8.03. The third-order valence-corrected chi connectivity index (χ3v) is 3.22. The molecule has 1 aromatic carbocycles. The molecular weight excluding hydrogens is 264 g/mol. The normalized spacial score (nSPS) is 11.2. The second kappa shape index (κ2) is 5.56. The van der Waals surface area contributed by atoms with Crippen molar-refractivity contribution in [3.63, 3.8) is 0 Å². The van der Waals surface area contributed by atoms with E-state index in [2.05, 4.69) is 31.1 Å². The number of nitrogens with one attached hydrogen (secondary N) is 2. The van der Waals surface area contributed by atoms with Gasteiger partial charge in [0.25, 0.3) is 5.91 Å². The van der Waals surface area contributed by atoms with Crippen LogP contribution in [-0.2, 0) is 5.41 Å². The third kappa shape index (κ3) is 3.60. The van der Waals surface area contributed by atoms with Gasteiger partial charge >= 0.3 is 0 Å². The number of H-pyrrole nitrogens is 1. The van der Waals surface area contributed by atoms with Gasteiger partial charge in [0.2, 0.25) is 5.56 Å². The second-order valence-electron chi connectivity index (χ2n) is 6.17. The molecule has 2 rings (SSSR count). The third-order valence-electron chi connectivity index (χ3n) is 3.22. The lowest BCUT2D eigenvalue weighted by Gasteiger charge is -2.23. The van der Waals surface area contributed by atoms with Gasteiger partial charge in [-0.1, -0.05) is 39.0 Å². The maximum absolute atomic E-state index is 12.3. The minimum absolute atomic E-state index is 0.0754. The highest BCUT2D eigenvalue weighted by Crippen LogP contribution is 2.29. The Morgan fingerprint density at radius 1 is 1.14 bits per heavy atom. The van der Waals surface area contributed by atoms with Crippen molar-refractivity contribution in [3.05, 3.63) is 63.6 Å². The molecule has 0 aliphatic heterocycles. The zero-order valence-electron chi connectivity index (χ0n) is 12.8. The van der Waals surface area contributed by atoms with Crippen molar-refractivity contribution in [2.45, 2.75) is 33.1 Å². The molecule has 0 saturated carbocycles. The molecule has 0 atom stereocenters. The number of aryl methyl sites for hydroxylation is 1. The molecule has 110 valence electrons. The molecule has 0 bridgehead atoms. The van der Waals surface area contributed by atoms with Crippen LogP contribution in [0, 0.1) is 6.92 Å². The lowest BCUT2D eigenvalue weighted by atomic mass is 9.86. The van der Waals surface area contributed by atoms with Gasteiger partial charge < -0.3 is 10.3 Å². The fraction of sp³-hybridized carbons (Fsp3) is 0.294. The average Bonchev–Trinajstić information content (AvgIpc) is 2.37. The topological polar surface area (TPSA) is 62.0 Å². The summed E-state index contributed by atoms with van der Waals surface area (Å²) >= 11 is 0. The molecule has 1 heterocycles. The number of aromatic nitrogens is 1. The molecule has 0 fully saturated rings. The van der Waals surface area contributed by atoms with Crippen molar-refractivity contribution in [2.75, 3.05) is 5.32 Å². The maximum Gasteiger partial charge on any atom is 0.255 e. The molecule has 1 aromatic heterocycles. The van der Waals surface area contributed by atoms with E-state index in [4.69, 9.17) is 0 Å². The molecule has 0 aliphatic rings. The lowest BCUT2D eigenvalue weighted by molar-refractivity contribution is 0.102. The Balaban J connectivity index is 2.34. The number of hydrogen-bond donors (Lipinski definition) is 2. The highest BCUT2D eigenvalue weighted by atomic mass is 16.2. The molecule has 2 N–H and O–H groups in total. The van der Waals surface area contributed by atoms with Crippen LogP contribution >= 0.6 is 0 Å². The predicted octanol–water partition coefficient (Wildman–Crippen LogP) is 3.23. The van der Waals surface area contributed by atoms with Gasteiger partial charge in [0, 0.05) is 23.0 Å². The first-order chi connectivity index (χ1) is 9.77. The Hall–Kier alpha value is -2.36. The summed E-state index contributed by atoms with van der Waals surface area (Å²) in [5.74, 6) is -0.277. The first-order valence-corrected chi connectivity index (χ1v) is 6.89. The summed E-state index contributed by atoms with van der Waals surface area (Å²) in [5.41, 5.74) is 2.50. The summed E-state index contributed by atoms with van der Waals surface area (Å²) in [5, 5.41) is 2.90. The number of carbonyl (C=O) groups excluding carboxylic acids is 1. The summed E-state index contributed by atoms with van der Waals surface area (Å²) < 4.78 is 0. The van der Waals surface area contributed by atoms with Gasteiger partial charge in [0.05, 0.1) is 0 Å². The van der Waals surface area contributed by atoms with Crippen LogP contribution in [0.5, 0.6) is 0 Å². The molecule has 2 aromatic rings. The lowest BCUT2D eigenvalue weighted by Crippen LogP contribution is -2.20. The fourth-order valence-corrected chi connectivity index (χ4v) is 2.25. The summed E-state index contributed by atoms with van der Waals surface area (Å²) in [6, 6.07) is 10.7. The standard InChI is InChI=1S/C17H20N2O2/c1-11-9-12(10-15(20)18-11)16(21)19-14-8-6-5-7-13(14)17(2,3)4/h5-10H,1-4H3,(H,18,20)(H,19,21). The van der Waals surface area contributed by atoms with Crippen molar-refractivity contribution in [1.82, 2.24) is 4.98 Å². The van der Waals surface area contributed by atoms with E-state index in [9.17, 15) is 9.59 Å². The van der Waals surface area contributed by atoms with Crippen LogP contribution in [0.4, 0.5) is 5.69 Å². The van der Waals surface area contributed by atoms with Crippen LogP contribution < -0.4 is 10.9 Å². The van der Waals surface area contributed by atoms with Crippen LogP contribution in [0.25, 0.3) is 0 Å². The SMILES string of the molecule is Cc1cc(C(=O)Nc2ccccc2C(C)(C)C)cc(=O)[nH]1. The van der Waals surface area contributed by atoms with Crippen LogP contribution in [0.2, 0.25) is 0 Å². The molecule has 0 radical (unpaired) electrons. The van der Waals surface area contributed by atoms with Gasteiger partial charge in [-0.15, -0.1) is 0 Å². The quantitative estimate of drug-likeness (QED) is 0.889. The summed E-state index contributed by atoms with van der Waals surface area (Å²) in [6.07, 6.45) is 0. The molecule has 0 unspecified atom stereocenters. The van der Waals surface area contributed by atoms with Crippen molar-refractivity contribution >= 4 is 11.6 Å². The van der Waals surface area contributed by atoms with E-state index >= 15 is 0 Å². The van der Waals surface area contributed by atoms with Crippen molar-refractivity contribution in [1.29, 1.82) is 0 Å². The molecule has 4 nitrogen and oxygen atoms in total. The Morgan fingerprint density at radius 2 is 1.81 bits per heavy atom. The van der Waals surface area contributed by atoms with E-state index < -0.39 is 0 Å². The van der Waals surface area contributed by atoms with Gasteiger partial charge in [0.15, 0.2) is 0 Å². The van der Waals surface area contributed by atoms with E-state index in [0.29, 0.717) is 11.3 Å². The summed E-state index contributed by atoms with van der Waals surface area (Å²) in [7, 11) is 0. The molecule has 0 saturated heterocycles. The average molecular weight is 284 g/mol. The number of benzene rings is 1. The van der Waals surface area contributed by atoms with E-state index in [1.165, 1.54) is 6.07 Å². The second-order valence-corrected chi connectivity index (χ2v) is 6.17. The van der Waals surface area contributed by atoms with E-state index in [0.717, 1.165) is 11.3 Å². The molecule has 21 heavy (non-hydrogen) atoms. The van der Waals surface area contributed by atoms with Crippen LogP contribution in [0.1, 0.15) is 42.4 Å². The van der Waals surface area contributed by atoms with Crippen molar-refractivity contribution in [3.8, 4) is 0 Å². The van der Waals surface area contributed by atoms with Crippen LogP contribution in [0.3, 0.4) is 0 Å².